The first kappa shape index (κ1) is 21.5. The number of amides is 3. The number of benzene rings is 2. The van der Waals surface area contributed by atoms with Crippen molar-refractivity contribution in [2.75, 3.05) is 11.9 Å². The van der Waals surface area contributed by atoms with Crippen LogP contribution in [-0.2, 0) is 14.3 Å². The predicted molar refractivity (Wildman–Crippen MR) is 111 cm³/mol. The number of ether oxygens (including phenoxy) is 1. The number of unbranched alkanes of at least 4 members (excludes halogenated alkanes) is 1. The number of hydrogen-bond acceptors (Lipinski definition) is 5. The fourth-order valence-corrected chi connectivity index (χ4v) is 3.33. The summed E-state index contributed by atoms with van der Waals surface area (Å²) in [4.78, 5) is 51.2. The van der Waals surface area contributed by atoms with Gasteiger partial charge in [0.25, 0.3) is 17.7 Å². The highest BCUT2D eigenvalue weighted by atomic mass is 35.5. The van der Waals surface area contributed by atoms with Crippen LogP contribution in [-0.4, -0.2) is 41.2 Å². The van der Waals surface area contributed by atoms with Gasteiger partial charge in [-0.25, -0.2) is 4.79 Å². The molecule has 1 aliphatic heterocycles. The smallest absolute Gasteiger partial charge is 0.329 e. The summed E-state index contributed by atoms with van der Waals surface area (Å²) in [5.41, 5.74) is 1.03. The van der Waals surface area contributed by atoms with Crippen LogP contribution < -0.4 is 5.32 Å². The minimum Gasteiger partial charge on any atom is -0.454 e. The Morgan fingerprint density at radius 1 is 1.03 bits per heavy atom. The van der Waals surface area contributed by atoms with E-state index in [-0.39, 0.29) is 17.5 Å². The molecule has 0 bridgehead atoms. The third kappa shape index (κ3) is 4.68. The van der Waals surface area contributed by atoms with Crippen LogP contribution in [0.25, 0.3) is 0 Å². The number of halogens is 1. The molecule has 0 unspecified atom stereocenters. The van der Waals surface area contributed by atoms with Gasteiger partial charge < -0.3 is 10.1 Å². The number of rotatable bonds is 8. The number of imide groups is 1. The van der Waals surface area contributed by atoms with Gasteiger partial charge in [-0.05, 0) is 42.8 Å². The molecule has 7 nitrogen and oxygen atoms in total. The Balaban J connectivity index is 1.67. The monoisotopic (exact) mass is 428 g/mol. The van der Waals surface area contributed by atoms with Gasteiger partial charge in [0.15, 0.2) is 6.61 Å². The third-order valence-corrected chi connectivity index (χ3v) is 4.97. The maximum Gasteiger partial charge on any atom is 0.329 e. The van der Waals surface area contributed by atoms with Crippen molar-refractivity contribution < 1.29 is 23.9 Å². The lowest BCUT2D eigenvalue weighted by atomic mass is 10.1. The van der Waals surface area contributed by atoms with E-state index in [1.165, 1.54) is 0 Å². The normalized spacial score (nSPS) is 13.7. The van der Waals surface area contributed by atoms with Gasteiger partial charge in [0, 0.05) is 10.7 Å². The minimum absolute atomic E-state index is 0.261. The topological polar surface area (TPSA) is 92.8 Å². The van der Waals surface area contributed by atoms with Crippen molar-refractivity contribution in [3.05, 3.63) is 64.7 Å². The largest absolute Gasteiger partial charge is 0.454 e. The fraction of sp³-hybridized carbons (Fsp3) is 0.273. The second-order valence-electron chi connectivity index (χ2n) is 6.85. The van der Waals surface area contributed by atoms with Gasteiger partial charge in [0.2, 0.25) is 0 Å². The van der Waals surface area contributed by atoms with Gasteiger partial charge in [-0.3, -0.25) is 19.3 Å². The first-order valence-corrected chi connectivity index (χ1v) is 9.99. The lowest BCUT2D eigenvalue weighted by Crippen LogP contribution is -2.46. The van der Waals surface area contributed by atoms with Crippen molar-refractivity contribution in [1.29, 1.82) is 0 Å². The lowest BCUT2D eigenvalue weighted by Gasteiger charge is -2.24. The Bertz CT molecular complexity index is 939. The number of hydrogen-bond donors (Lipinski definition) is 1. The van der Waals surface area contributed by atoms with Crippen LogP contribution in [0.1, 0.15) is 46.9 Å². The van der Waals surface area contributed by atoms with Gasteiger partial charge in [0.05, 0.1) is 11.1 Å². The van der Waals surface area contributed by atoms with Crippen LogP contribution in [0.4, 0.5) is 5.69 Å². The molecule has 0 saturated heterocycles. The number of fused-ring (bicyclic) bond motifs is 1. The van der Waals surface area contributed by atoms with E-state index in [0.717, 1.165) is 11.3 Å². The van der Waals surface area contributed by atoms with Gasteiger partial charge in [-0.1, -0.05) is 43.5 Å². The van der Waals surface area contributed by atoms with E-state index in [9.17, 15) is 19.2 Å². The van der Waals surface area contributed by atoms with Gasteiger partial charge in [-0.15, -0.1) is 0 Å². The third-order valence-electron chi connectivity index (χ3n) is 4.71. The quantitative estimate of drug-likeness (QED) is 0.511. The molecule has 2 aromatic rings. The van der Waals surface area contributed by atoms with E-state index in [2.05, 4.69) is 5.32 Å². The highest BCUT2D eigenvalue weighted by molar-refractivity contribution is 6.30. The molecule has 2 aromatic carbocycles. The van der Waals surface area contributed by atoms with E-state index in [1.807, 2.05) is 6.92 Å². The van der Waals surface area contributed by atoms with E-state index in [1.54, 1.807) is 48.5 Å². The van der Waals surface area contributed by atoms with Crippen LogP contribution >= 0.6 is 11.6 Å². The molecule has 0 aromatic heterocycles. The summed E-state index contributed by atoms with van der Waals surface area (Å²) < 4.78 is 5.14. The SMILES string of the molecule is CCCC[C@H](C(=O)OCC(=O)Nc1ccc(Cl)cc1)N1C(=O)c2ccccc2C1=O. The second-order valence-corrected chi connectivity index (χ2v) is 7.28. The number of carbonyl (C=O) groups excluding carboxylic acids is 4. The molecular formula is C22H21ClN2O5. The zero-order valence-corrected chi connectivity index (χ0v) is 17.1. The summed E-state index contributed by atoms with van der Waals surface area (Å²) in [5.74, 6) is -2.38. The Hall–Kier alpha value is -3.19. The molecule has 0 fully saturated rings. The summed E-state index contributed by atoms with van der Waals surface area (Å²) in [5, 5.41) is 3.11. The molecule has 1 aliphatic rings. The van der Waals surface area contributed by atoms with Crippen molar-refractivity contribution >= 4 is 41.0 Å². The molecule has 0 radical (unpaired) electrons. The molecule has 3 rings (SSSR count). The Morgan fingerprint density at radius 3 is 2.20 bits per heavy atom. The van der Waals surface area contributed by atoms with Gasteiger partial charge in [0.1, 0.15) is 6.04 Å². The Labute approximate surface area is 179 Å². The number of carbonyl (C=O) groups is 4. The van der Waals surface area contributed by atoms with Crippen molar-refractivity contribution in [1.82, 2.24) is 4.90 Å². The van der Waals surface area contributed by atoms with E-state index in [0.29, 0.717) is 17.1 Å². The summed E-state index contributed by atoms with van der Waals surface area (Å²) in [6, 6.07) is 11.8. The number of nitrogens with zero attached hydrogens (tertiary/aromatic N) is 1. The maximum absolute atomic E-state index is 12.7. The molecule has 1 N–H and O–H groups in total. The van der Waals surface area contributed by atoms with Crippen LogP contribution in [0.3, 0.4) is 0 Å². The zero-order chi connectivity index (χ0) is 21.7. The van der Waals surface area contributed by atoms with Gasteiger partial charge in [-0.2, -0.15) is 0 Å². The van der Waals surface area contributed by atoms with Crippen LogP contribution in [0.2, 0.25) is 5.02 Å². The van der Waals surface area contributed by atoms with Crippen molar-refractivity contribution in [2.45, 2.75) is 32.2 Å². The predicted octanol–water partition coefficient (Wildman–Crippen LogP) is 3.68. The van der Waals surface area contributed by atoms with Crippen LogP contribution in [0.15, 0.2) is 48.5 Å². The fourth-order valence-electron chi connectivity index (χ4n) is 3.20. The second kappa shape index (κ2) is 9.54. The molecule has 0 saturated carbocycles. The van der Waals surface area contributed by atoms with E-state index < -0.39 is 36.3 Å². The van der Waals surface area contributed by atoms with Crippen LogP contribution in [0.5, 0.6) is 0 Å². The first-order valence-electron chi connectivity index (χ1n) is 9.61. The molecular weight excluding hydrogens is 408 g/mol. The van der Waals surface area contributed by atoms with Gasteiger partial charge >= 0.3 is 5.97 Å². The average Bonchev–Trinajstić information content (AvgIpc) is 2.99. The molecule has 3 amide bonds. The Morgan fingerprint density at radius 2 is 1.63 bits per heavy atom. The summed E-state index contributed by atoms with van der Waals surface area (Å²) in [6.45, 7) is 1.40. The number of anilines is 1. The highest BCUT2D eigenvalue weighted by Crippen LogP contribution is 2.27. The Kier molecular flexibility index (Phi) is 6.84. The zero-order valence-electron chi connectivity index (χ0n) is 16.4. The summed E-state index contributed by atoms with van der Waals surface area (Å²) in [6.07, 6.45) is 1.65. The summed E-state index contributed by atoms with van der Waals surface area (Å²) >= 11 is 5.80. The summed E-state index contributed by atoms with van der Waals surface area (Å²) in [7, 11) is 0. The van der Waals surface area contributed by atoms with Crippen molar-refractivity contribution in [2.24, 2.45) is 0 Å². The molecule has 1 atom stereocenters. The van der Waals surface area contributed by atoms with Crippen LogP contribution in [0, 0.1) is 0 Å². The number of esters is 1. The number of nitrogens with one attached hydrogen (secondary N) is 1. The molecule has 1 heterocycles. The molecule has 0 spiro atoms. The lowest BCUT2D eigenvalue weighted by molar-refractivity contribution is -0.151. The highest BCUT2D eigenvalue weighted by Gasteiger charge is 2.43. The molecule has 8 heteroatoms. The minimum atomic E-state index is -1.08. The molecule has 156 valence electrons. The maximum atomic E-state index is 12.7. The first-order chi connectivity index (χ1) is 14.4. The molecule has 30 heavy (non-hydrogen) atoms. The molecule has 0 aliphatic carbocycles. The average molecular weight is 429 g/mol. The standard InChI is InChI=1S/C22H21ClN2O5/c1-2-3-8-18(25-20(27)16-6-4-5-7-17(16)21(25)28)22(29)30-13-19(26)24-15-11-9-14(23)10-12-15/h4-7,9-12,18H,2-3,8,13H2,1H3,(H,24,26)/t18-/m1/s1. The van der Waals surface area contributed by atoms with Crippen molar-refractivity contribution in [3.8, 4) is 0 Å². The van der Waals surface area contributed by atoms with Crippen molar-refractivity contribution in [3.63, 3.8) is 0 Å². The van der Waals surface area contributed by atoms with E-state index >= 15 is 0 Å². The van der Waals surface area contributed by atoms with E-state index in [4.69, 9.17) is 16.3 Å².